The van der Waals surface area contributed by atoms with Crippen LogP contribution in [-0.2, 0) is 0 Å². The van der Waals surface area contributed by atoms with Gasteiger partial charge in [0, 0.05) is 46.0 Å². The molecule has 0 unspecified atom stereocenters. The first-order valence-corrected chi connectivity index (χ1v) is 11.2. The number of para-hydroxylation sites is 2. The molecule has 0 saturated heterocycles. The van der Waals surface area contributed by atoms with Crippen molar-refractivity contribution >= 4 is 32.7 Å². The highest BCUT2D eigenvalue weighted by atomic mass is 15.0. The second-order valence-electron chi connectivity index (χ2n) is 8.30. The second kappa shape index (κ2) is 7.39. The second-order valence-corrected chi connectivity index (χ2v) is 8.30. The summed E-state index contributed by atoms with van der Waals surface area (Å²) in [5, 5.41) is 3.68. The van der Waals surface area contributed by atoms with Gasteiger partial charge in [-0.2, -0.15) is 0 Å². The minimum Gasteiger partial charge on any atom is -0.314 e. The zero-order valence-electron chi connectivity index (χ0n) is 18.2. The average molecular weight is 438 g/mol. The fraction of sp³-hybridized carbons (Fsp3) is 0. The Morgan fingerprint density at radius 2 is 1.35 bits per heavy atom. The van der Waals surface area contributed by atoms with Crippen molar-refractivity contribution in [3.05, 3.63) is 116 Å². The van der Waals surface area contributed by atoms with E-state index in [0.717, 1.165) is 22.5 Å². The van der Waals surface area contributed by atoms with E-state index in [1.807, 2.05) is 24.5 Å². The maximum Gasteiger partial charge on any atom is 0.159 e. The number of aromatic nitrogens is 5. The maximum atomic E-state index is 4.61. The summed E-state index contributed by atoms with van der Waals surface area (Å²) in [6.45, 7) is 0. The number of hydrogen-bond donors (Lipinski definition) is 0. The fourth-order valence-corrected chi connectivity index (χ4v) is 4.77. The highest BCUT2D eigenvalue weighted by molar-refractivity contribution is 6.13. The summed E-state index contributed by atoms with van der Waals surface area (Å²) >= 11 is 0. The number of pyridine rings is 1. The van der Waals surface area contributed by atoms with Gasteiger partial charge in [-0.25, -0.2) is 9.97 Å². The quantitative estimate of drug-likeness (QED) is 0.314. The van der Waals surface area contributed by atoms with Crippen LogP contribution in [0.15, 0.2) is 116 Å². The molecule has 7 rings (SSSR count). The van der Waals surface area contributed by atoms with E-state index in [1.165, 1.54) is 27.2 Å². The van der Waals surface area contributed by atoms with Crippen LogP contribution in [0, 0.1) is 0 Å². The summed E-state index contributed by atoms with van der Waals surface area (Å²) in [7, 11) is 0. The lowest BCUT2D eigenvalue weighted by molar-refractivity contribution is 1.05. The molecule has 0 saturated carbocycles. The molecule has 0 aliphatic heterocycles. The molecule has 5 heteroatoms. The average Bonchev–Trinajstić information content (AvgIpc) is 3.47. The third-order valence-electron chi connectivity index (χ3n) is 6.35. The van der Waals surface area contributed by atoms with Gasteiger partial charge in [-0.1, -0.05) is 36.4 Å². The molecule has 0 radical (unpaired) electrons. The summed E-state index contributed by atoms with van der Waals surface area (Å²) < 4.78 is 4.49. The SMILES string of the molecule is c1ccc(-n2c3ccccc3c3cc4ccn(-c5cnc(-c6ccncc6)nc5)c4cc32)cc1. The Hall–Kier alpha value is -4.77. The molecule has 34 heavy (non-hydrogen) atoms. The van der Waals surface area contributed by atoms with Crippen molar-refractivity contribution in [2.75, 3.05) is 0 Å². The molecule has 4 heterocycles. The lowest BCUT2D eigenvalue weighted by Crippen LogP contribution is -1.97. The number of rotatable bonds is 3. The molecular weight excluding hydrogens is 418 g/mol. The molecule has 0 aliphatic rings. The Balaban J connectivity index is 1.44. The molecule has 0 amide bonds. The van der Waals surface area contributed by atoms with E-state index >= 15 is 0 Å². The minimum absolute atomic E-state index is 0.689. The lowest BCUT2D eigenvalue weighted by atomic mass is 10.1. The molecular formula is C29H19N5. The fourth-order valence-electron chi connectivity index (χ4n) is 4.77. The van der Waals surface area contributed by atoms with Crippen LogP contribution < -0.4 is 0 Å². The van der Waals surface area contributed by atoms with E-state index in [1.54, 1.807) is 12.4 Å². The maximum absolute atomic E-state index is 4.61. The van der Waals surface area contributed by atoms with Gasteiger partial charge in [-0.05, 0) is 48.5 Å². The van der Waals surface area contributed by atoms with Crippen molar-refractivity contribution in [2.24, 2.45) is 0 Å². The largest absolute Gasteiger partial charge is 0.314 e. The van der Waals surface area contributed by atoms with Gasteiger partial charge < -0.3 is 9.13 Å². The van der Waals surface area contributed by atoms with Crippen LogP contribution in [0.2, 0.25) is 0 Å². The Morgan fingerprint density at radius 3 is 2.18 bits per heavy atom. The Bertz CT molecular complexity index is 1780. The molecule has 3 aromatic carbocycles. The van der Waals surface area contributed by atoms with Gasteiger partial charge in [-0.15, -0.1) is 0 Å². The van der Waals surface area contributed by atoms with Crippen LogP contribution in [0.3, 0.4) is 0 Å². The van der Waals surface area contributed by atoms with E-state index in [0.29, 0.717) is 5.82 Å². The monoisotopic (exact) mass is 437 g/mol. The zero-order chi connectivity index (χ0) is 22.5. The van der Waals surface area contributed by atoms with Gasteiger partial charge in [0.15, 0.2) is 5.82 Å². The third kappa shape index (κ3) is 2.84. The van der Waals surface area contributed by atoms with E-state index in [2.05, 4.69) is 103 Å². The van der Waals surface area contributed by atoms with Gasteiger partial charge in [0.25, 0.3) is 0 Å². The molecule has 5 nitrogen and oxygen atoms in total. The van der Waals surface area contributed by atoms with E-state index in [9.17, 15) is 0 Å². The van der Waals surface area contributed by atoms with Gasteiger partial charge in [0.05, 0.1) is 34.6 Å². The van der Waals surface area contributed by atoms with Gasteiger partial charge >= 0.3 is 0 Å². The molecule has 7 aromatic rings. The molecule has 160 valence electrons. The van der Waals surface area contributed by atoms with Crippen molar-refractivity contribution in [2.45, 2.75) is 0 Å². The van der Waals surface area contributed by atoms with E-state index in [-0.39, 0.29) is 0 Å². The molecule has 0 fully saturated rings. The van der Waals surface area contributed by atoms with Crippen molar-refractivity contribution in [3.63, 3.8) is 0 Å². The molecule has 0 spiro atoms. The number of benzene rings is 3. The van der Waals surface area contributed by atoms with Crippen LogP contribution in [0.1, 0.15) is 0 Å². The van der Waals surface area contributed by atoms with Crippen molar-refractivity contribution < 1.29 is 0 Å². The van der Waals surface area contributed by atoms with Gasteiger partial charge in [-0.3, -0.25) is 4.98 Å². The van der Waals surface area contributed by atoms with Crippen molar-refractivity contribution in [1.82, 2.24) is 24.1 Å². The standard InChI is InChI=1S/C29H19N5/c1-2-6-22(7-3-1)34-26-9-5-4-8-24(26)25-16-21-12-15-33(27(21)17-28(25)34)23-18-31-29(32-19-23)20-10-13-30-14-11-20/h1-19H. The predicted octanol–water partition coefficient (Wildman–Crippen LogP) is 6.58. The lowest BCUT2D eigenvalue weighted by Gasteiger charge is -2.09. The molecule has 4 aromatic heterocycles. The summed E-state index contributed by atoms with van der Waals surface area (Å²) in [5.74, 6) is 0.689. The minimum atomic E-state index is 0.689. The van der Waals surface area contributed by atoms with E-state index in [4.69, 9.17) is 0 Å². The van der Waals surface area contributed by atoms with Crippen LogP contribution in [0.4, 0.5) is 0 Å². The zero-order valence-corrected chi connectivity index (χ0v) is 18.2. The Labute approximate surface area is 195 Å². The van der Waals surface area contributed by atoms with Crippen molar-refractivity contribution in [1.29, 1.82) is 0 Å². The smallest absolute Gasteiger partial charge is 0.159 e. The Morgan fingerprint density at radius 1 is 0.588 bits per heavy atom. The third-order valence-corrected chi connectivity index (χ3v) is 6.35. The first kappa shape index (κ1) is 18.8. The number of fused-ring (bicyclic) bond motifs is 4. The number of hydrogen-bond acceptors (Lipinski definition) is 3. The Kier molecular flexibility index (Phi) is 4.08. The first-order valence-electron chi connectivity index (χ1n) is 11.2. The van der Waals surface area contributed by atoms with E-state index < -0.39 is 0 Å². The summed E-state index contributed by atoms with van der Waals surface area (Å²) in [5.41, 5.74) is 6.52. The topological polar surface area (TPSA) is 48.5 Å². The highest BCUT2D eigenvalue weighted by Crippen LogP contribution is 2.35. The van der Waals surface area contributed by atoms with Gasteiger partial charge in [0.2, 0.25) is 0 Å². The predicted molar refractivity (Wildman–Crippen MR) is 136 cm³/mol. The van der Waals surface area contributed by atoms with Crippen LogP contribution >= 0.6 is 0 Å². The van der Waals surface area contributed by atoms with Crippen LogP contribution in [0.5, 0.6) is 0 Å². The first-order chi connectivity index (χ1) is 16.9. The molecule has 0 atom stereocenters. The molecule has 0 aliphatic carbocycles. The molecule has 0 N–H and O–H groups in total. The normalized spacial score (nSPS) is 11.5. The van der Waals surface area contributed by atoms with Crippen LogP contribution in [-0.4, -0.2) is 24.1 Å². The molecule has 0 bridgehead atoms. The van der Waals surface area contributed by atoms with Crippen LogP contribution in [0.25, 0.3) is 55.5 Å². The number of nitrogens with zero attached hydrogens (tertiary/aromatic N) is 5. The summed E-state index contributed by atoms with van der Waals surface area (Å²) in [6, 6.07) is 29.7. The summed E-state index contributed by atoms with van der Waals surface area (Å²) in [6.07, 6.45) is 9.34. The van der Waals surface area contributed by atoms with Crippen molar-refractivity contribution in [3.8, 4) is 22.8 Å². The van der Waals surface area contributed by atoms with Gasteiger partial charge in [0.1, 0.15) is 0 Å². The summed E-state index contributed by atoms with van der Waals surface area (Å²) in [4.78, 5) is 13.3. The highest BCUT2D eigenvalue weighted by Gasteiger charge is 2.15.